The second kappa shape index (κ2) is 8.11. The molecule has 0 aromatic carbocycles. The molecule has 0 aromatic heterocycles. The summed E-state index contributed by atoms with van der Waals surface area (Å²) in [5, 5.41) is 11.2. The first-order valence-corrected chi connectivity index (χ1v) is 8.20. The molecule has 0 aliphatic carbocycles. The third kappa shape index (κ3) is 8.55. The molecule has 4 N–H and O–H groups in total. The van der Waals surface area contributed by atoms with Crippen molar-refractivity contribution < 1.29 is 23.1 Å². The molecule has 0 saturated carbocycles. The van der Waals surface area contributed by atoms with Crippen LogP contribution in [0, 0.1) is 0 Å². The molecule has 2 unspecified atom stereocenters. The Balaban J connectivity index is 4.42. The van der Waals surface area contributed by atoms with E-state index in [1.54, 1.807) is 0 Å². The van der Waals surface area contributed by atoms with E-state index in [0.29, 0.717) is 6.42 Å². The van der Waals surface area contributed by atoms with Gasteiger partial charge in [-0.1, -0.05) is 19.8 Å². The van der Waals surface area contributed by atoms with E-state index in [0.717, 1.165) is 19.1 Å². The summed E-state index contributed by atoms with van der Waals surface area (Å²) >= 11 is 0. The topological polar surface area (TPSA) is 127 Å². The van der Waals surface area contributed by atoms with Crippen LogP contribution in [0.4, 0.5) is 0 Å². The van der Waals surface area contributed by atoms with Crippen LogP contribution >= 0.6 is 0 Å². The van der Waals surface area contributed by atoms with E-state index in [1.165, 1.54) is 0 Å². The van der Waals surface area contributed by atoms with Crippen LogP contribution in [-0.4, -0.2) is 49.5 Å². The van der Waals surface area contributed by atoms with Gasteiger partial charge in [0.25, 0.3) is 0 Å². The number of nitrogens with two attached hydrogens (primary N) is 1. The van der Waals surface area contributed by atoms with Crippen molar-refractivity contribution in [2.75, 3.05) is 12.0 Å². The predicted octanol–water partition coefficient (Wildman–Crippen LogP) is -0.492. The Morgan fingerprint density at radius 3 is 2.32 bits per heavy atom. The number of carboxylic acids is 1. The normalized spacial score (nSPS) is 14.7. The highest BCUT2D eigenvalue weighted by molar-refractivity contribution is 7.90. The Bertz CT molecular complexity index is 407. The highest BCUT2D eigenvalue weighted by Gasteiger charge is 2.24. The average Bonchev–Trinajstić information content (AvgIpc) is 2.29. The van der Waals surface area contributed by atoms with Gasteiger partial charge in [0.05, 0.1) is 11.8 Å². The van der Waals surface area contributed by atoms with Gasteiger partial charge in [0.2, 0.25) is 5.91 Å². The van der Waals surface area contributed by atoms with Crippen molar-refractivity contribution in [3.05, 3.63) is 0 Å². The van der Waals surface area contributed by atoms with Crippen molar-refractivity contribution in [1.29, 1.82) is 0 Å². The third-order valence-electron chi connectivity index (χ3n) is 2.60. The summed E-state index contributed by atoms with van der Waals surface area (Å²) in [6, 6.07) is -1.99. The first-order chi connectivity index (χ1) is 8.67. The number of carbonyl (C=O) groups is 2. The number of rotatable bonds is 9. The van der Waals surface area contributed by atoms with E-state index in [9.17, 15) is 18.0 Å². The van der Waals surface area contributed by atoms with Gasteiger partial charge in [-0.05, 0) is 12.8 Å². The first kappa shape index (κ1) is 17.8. The van der Waals surface area contributed by atoms with Crippen molar-refractivity contribution in [3.8, 4) is 0 Å². The van der Waals surface area contributed by atoms with Gasteiger partial charge in [-0.2, -0.15) is 0 Å². The molecular weight excluding hydrogens is 272 g/mol. The van der Waals surface area contributed by atoms with Crippen molar-refractivity contribution in [3.63, 3.8) is 0 Å². The average molecular weight is 294 g/mol. The van der Waals surface area contributed by atoms with Gasteiger partial charge in [0, 0.05) is 6.26 Å². The molecular formula is C11H22N2O5S. The lowest BCUT2D eigenvalue weighted by atomic mass is 10.1. The summed E-state index contributed by atoms with van der Waals surface area (Å²) in [6.45, 7) is 1.96. The van der Waals surface area contributed by atoms with E-state index < -0.39 is 33.8 Å². The van der Waals surface area contributed by atoms with Crippen LogP contribution in [0.1, 0.15) is 32.6 Å². The molecule has 0 rings (SSSR count). The Morgan fingerprint density at radius 2 is 1.89 bits per heavy atom. The maximum Gasteiger partial charge on any atom is 0.326 e. The number of hydrogen-bond acceptors (Lipinski definition) is 5. The van der Waals surface area contributed by atoms with Gasteiger partial charge in [0.15, 0.2) is 0 Å². The quantitative estimate of drug-likeness (QED) is 0.526. The summed E-state index contributed by atoms with van der Waals surface area (Å²) in [6.07, 6.45) is 2.98. The van der Waals surface area contributed by atoms with Gasteiger partial charge in [-0.15, -0.1) is 0 Å². The Morgan fingerprint density at radius 1 is 1.32 bits per heavy atom. The number of carbonyl (C=O) groups excluding carboxylic acids is 1. The summed E-state index contributed by atoms with van der Waals surface area (Å²) in [5.41, 5.74) is 5.61. The van der Waals surface area contributed by atoms with Gasteiger partial charge in [0.1, 0.15) is 15.9 Å². The van der Waals surface area contributed by atoms with Crippen LogP contribution in [0.25, 0.3) is 0 Å². The minimum atomic E-state index is -3.27. The number of hydrogen-bond donors (Lipinski definition) is 3. The number of amides is 1. The van der Waals surface area contributed by atoms with Crippen LogP contribution in [-0.2, 0) is 19.4 Å². The van der Waals surface area contributed by atoms with Gasteiger partial charge in [-0.25, -0.2) is 13.2 Å². The van der Waals surface area contributed by atoms with Crippen molar-refractivity contribution in [2.45, 2.75) is 44.7 Å². The molecule has 0 aliphatic heterocycles. The van der Waals surface area contributed by atoms with Crippen LogP contribution in [0.3, 0.4) is 0 Å². The molecule has 8 heteroatoms. The fraction of sp³-hybridized carbons (Fsp3) is 0.818. The highest BCUT2D eigenvalue weighted by atomic mass is 32.2. The zero-order valence-electron chi connectivity index (χ0n) is 11.3. The number of nitrogens with one attached hydrogen (secondary N) is 1. The Hall–Kier alpha value is -1.15. The molecule has 0 aliphatic rings. The molecule has 0 heterocycles. The number of carboxylic acid groups (broad SMARTS) is 1. The van der Waals surface area contributed by atoms with Crippen molar-refractivity contribution in [1.82, 2.24) is 5.32 Å². The molecule has 19 heavy (non-hydrogen) atoms. The maximum atomic E-state index is 11.6. The molecule has 0 aromatic rings. The summed E-state index contributed by atoms with van der Waals surface area (Å²) in [5.74, 6) is -2.12. The summed E-state index contributed by atoms with van der Waals surface area (Å²) in [4.78, 5) is 22.6. The Kier molecular flexibility index (Phi) is 7.62. The summed E-state index contributed by atoms with van der Waals surface area (Å²) < 4.78 is 22.0. The van der Waals surface area contributed by atoms with Gasteiger partial charge in [-0.3, -0.25) is 4.79 Å². The largest absolute Gasteiger partial charge is 0.480 e. The maximum absolute atomic E-state index is 11.6. The lowest BCUT2D eigenvalue weighted by Gasteiger charge is -2.17. The first-order valence-electron chi connectivity index (χ1n) is 6.14. The SMILES string of the molecule is CCCCC(N)C(=O)NC(CCS(C)(=O)=O)C(=O)O. The zero-order valence-corrected chi connectivity index (χ0v) is 12.1. The highest BCUT2D eigenvalue weighted by Crippen LogP contribution is 2.01. The number of unbranched alkanes of at least 4 members (excludes halogenated alkanes) is 1. The molecule has 0 bridgehead atoms. The molecule has 1 amide bonds. The van der Waals surface area contributed by atoms with E-state index in [2.05, 4.69) is 5.32 Å². The molecule has 2 atom stereocenters. The van der Waals surface area contributed by atoms with E-state index in [1.807, 2.05) is 6.92 Å². The number of aliphatic carboxylic acids is 1. The standard InChI is InChI=1S/C11H22N2O5S/c1-3-4-5-8(12)10(14)13-9(11(15)16)6-7-19(2,17)18/h8-9H,3-7,12H2,1-2H3,(H,13,14)(H,15,16). The zero-order chi connectivity index (χ0) is 15.1. The van der Waals surface area contributed by atoms with Gasteiger partial charge >= 0.3 is 5.97 Å². The molecule has 0 fully saturated rings. The van der Waals surface area contributed by atoms with Crippen LogP contribution in [0.5, 0.6) is 0 Å². The van der Waals surface area contributed by atoms with E-state index in [4.69, 9.17) is 10.8 Å². The van der Waals surface area contributed by atoms with Crippen LogP contribution in [0.2, 0.25) is 0 Å². The minimum absolute atomic E-state index is 0.166. The summed E-state index contributed by atoms with van der Waals surface area (Å²) in [7, 11) is -3.27. The molecule has 0 saturated heterocycles. The molecule has 0 radical (unpaired) electrons. The van der Waals surface area contributed by atoms with Crippen molar-refractivity contribution in [2.24, 2.45) is 5.73 Å². The monoisotopic (exact) mass is 294 g/mol. The van der Waals surface area contributed by atoms with Gasteiger partial charge < -0.3 is 16.2 Å². The minimum Gasteiger partial charge on any atom is -0.480 e. The Labute approximate surface area is 113 Å². The number of sulfone groups is 1. The van der Waals surface area contributed by atoms with Crippen LogP contribution in [0.15, 0.2) is 0 Å². The fourth-order valence-corrected chi connectivity index (χ4v) is 2.09. The predicted molar refractivity (Wildman–Crippen MR) is 71.4 cm³/mol. The van der Waals surface area contributed by atoms with Crippen molar-refractivity contribution >= 4 is 21.7 Å². The van der Waals surface area contributed by atoms with Crippen LogP contribution < -0.4 is 11.1 Å². The van der Waals surface area contributed by atoms with E-state index >= 15 is 0 Å². The second-order valence-electron chi connectivity index (χ2n) is 4.57. The lowest BCUT2D eigenvalue weighted by molar-refractivity contribution is -0.142. The molecule has 112 valence electrons. The lowest BCUT2D eigenvalue weighted by Crippen LogP contribution is -2.48. The fourth-order valence-electron chi connectivity index (χ4n) is 1.42. The second-order valence-corrected chi connectivity index (χ2v) is 6.83. The molecule has 7 nitrogen and oxygen atoms in total. The smallest absolute Gasteiger partial charge is 0.326 e. The molecule has 0 spiro atoms. The third-order valence-corrected chi connectivity index (χ3v) is 3.57. The van der Waals surface area contributed by atoms with E-state index in [-0.39, 0.29) is 12.2 Å².